The van der Waals surface area contributed by atoms with Crippen LogP contribution in [0, 0.1) is 6.92 Å². The second-order valence-electron chi connectivity index (χ2n) is 4.49. The minimum absolute atomic E-state index is 0.00125. The average Bonchev–Trinajstić information content (AvgIpc) is 3.07. The van der Waals surface area contributed by atoms with Gasteiger partial charge in [-0.2, -0.15) is 5.10 Å². The number of amides is 2. The Balaban J connectivity index is 1.70. The summed E-state index contributed by atoms with van der Waals surface area (Å²) in [4.78, 5) is 22.9. The van der Waals surface area contributed by atoms with E-state index in [1.165, 1.54) is 6.21 Å². The predicted molar refractivity (Wildman–Crippen MR) is 71.2 cm³/mol. The summed E-state index contributed by atoms with van der Waals surface area (Å²) in [5, 5.41) is 6.15. The van der Waals surface area contributed by atoms with Crippen LogP contribution in [0.3, 0.4) is 0 Å². The Hall–Kier alpha value is -2.15. The van der Waals surface area contributed by atoms with Crippen LogP contribution in [0.2, 0.25) is 0 Å². The molecule has 108 valence electrons. The molecule has 1 fully saturated rings. The number of hydrogen-bond acceptors (Lipinski definition) is 5. The van der Waals surface area contributed by atoms with Crippen molar-refractivity contribution < 1.29 is 18.7 Å². The summed E-state index contributed by atoms with van der Waals surface area (Å²) in [7, 11) is 0. The lowest BCUT2D eigenvalue weighted by molar-refractivity contribution is -0.139. The minimum atomic E-state index is -0.817. The van der Waals surface area contributed by atoms with Crippen LogP contribution >= 0.6 is 0 Å². The first-order chi connectivity index (χ1) is 9.65. The fourth-order valence-electron chi connectivity index (χ4n) is 1.82. The maximum atomic E-state index is 11.5. The number of rotatable bonds is 4. The van der Waals surface area contributed by atoms with E-state index in [1.807, 2.05) is 0 Å². The van der Waals surface area contributed by atoms with Crippen molar-refractivity contribution in [2.24, 2.45) is 5.10 Å². The lowest BCUT2D eigenvalue weighted by atomic mass is 10.2. The van der Waals surface area contributed by atoms with Gasteiger partial charge < -0.3 is 14.5 Å². The smallest absolute Gasteiger partial charge is 0.329 e. The first-order valence-corrected chi connectivity index (χ1v) is 6.44. The zero-order valence-corrected chi connectivity index (χ0v) is 11.2. The molecule has 20 heavy (non-hydrogen) atoms. The van der Waals surface area contributed by atoms with E-state index in [-0.39, 0.29) is 6.10 Å². The number of hydrogen-bond donors (Lipinski definition) is 2. The zero-order valence-electron chi connectivity index (χ0n) is 11.2. The summed E-state index contributed by atoms with van der Waals surface area (Å²) in [5.41, 5.74) is 2.13. The van der Waals surface area contributed by atoms with E-state index in [0.29, 0.717) is 18.9 Å². The van der Waals surface area contributed by atoms with E-state index < -0.39 is 11.8 Å². The molecule has 2 heterocycles. The van der Waals surface area contributed by atoms with Crippen molar-refractivity contribution in [1.29, 1.82) is 0 Å². The monoisotopic (exact) mass is 279 g/mol. The molecule has 0 unspecified atom stereocenters. The molecule has 0 saturated carbocycles. The molecule has 1 atom stereocenters. The van der Waals surface area contributed by atoms with Gasteiger partial charge >= 0.3 is 11.8 Å². The lowest BCUT2D eigenvalue weighted by Crippen LogP contribution is -2.41. The highest BCUT2D eigenvalue weighted by molar-refractivity contribution is 6.35. The van der Waals surface area contributed by atoms with Crippen molar-refractivity contribution in [2.75, 3.05) is 13.2 Å². The molecule has 1 saturated heterocycles. The normalized spacial score (nSPS) is 18.4. The van der Waals surface area contributed by atoms with Gasteiger partial charge in [0.25, 0.3) is 0 Å². The van der Waals surface area contributed by atoms with E-state index in [2.05, 4.69) is 15.8 Å². The van der Waals surface area contributed by atoms with Crippen LogP contribution in [0.4, 0.5) is 0 Å². The number of carbonyl (C=O) groups excluding carboxylic acids is 2. The number of nitrogens with one attached hydrogen (secondary N) is 2. The van der Waals surface area contributed by atoms with E-state index in [1.54, 1.807) is 19.1 Å². The van der Waals surface area contributed by atoms with E-state index in [4.69, 9.17) is 9.15 Å². The van der Waals surface area contributed by atoms with Gasteiger partial charge in [-0.05, 0) is 31.9 Å². The zero-order chi connectivity index (χ0) is 14.4. The van der Waals surface area contributed by atoms with Gasteiger partial charge in [-0.3, -0.25) is 9.59 Å². The van der Waals surface area contributed by atoms with Crippen molar-refractivity contribution in [2.45, 2.75) is 25.9 Å². The number of aryl methyl sites for hydroxylation is 1. The van der Waals surface area contributed by atoms with Crippen LogP contribution in [0.15, 0.2) is 21.7 Å². The molecule has 2 N–H and O–H groups in total. The van der Waals surface area contributed by atoms with Crippen molar-refractivity contribution >= 4 is 18.0 Å². The first-order valence-electron chi connectivity index (χ1n) is 6.44. The molecule has 7 nitrogen and oxygen atoms in total. The molecule has 1 aromatic rings. The molecular weight excluding hydrogens is 262 g/mol. The Kier molecular flexibility index (Phi) is 4.89. The summed E-state index contributed by atoms with van der Waals surface area (Å²) < 4.78 is 10.6. The van der Waals surface area contributed by atoms with Crippen molar-refractivity contribution in [3.05, 3.63) is 23.7 Å². The van der Waals surface area contributed by atoms with Crippen LogP contribution in [-0.4, -0.2) is 37.3 Å². The lowest BCUT2D eigenvalue weighted by Gasteiger charge is -2.09. The molecule has 2 rings (SSSR count). The van der Waals surface area contributed by atoms with E-state index in [9.17, 15) is 9.59 Å². The van der Waals surface area contributed by atoms with Crippen LogP contribution in [-0.2, 0) is 14.3 Å². The summed E-state index contributed by atoms with van der Waals surface area (Å²) in [6.45, 7) is 2.85. The highest BCUT2D eigenvalue weighted by atomic mass is 16.5. The predicted octanol–water partition coefficient (Wildman–Crippen LogP) is 0.333. The molecule has 0 aromatic carbocycles. The Labute approximate surface area is 116 Å². The maximum absolute atomic E-state index is 11.5. The van der Waals surface area contributed by atoms with Gasteiger partial charge in [0.1, 0.15) is 11.5 Å². The molecule has 0 radical (unpaired) electrons. The highest BCUT2D eigenvalue weighted by Gasteiger charge is 2.18. The molecule has 0 aliphatic carbocycles. The summed E-state index contributed by atoms with van der Waals surface area (Å²) >= 11 is 0. The third-order valence-electron chi connectivity index (χ3n) is 2.84. The molecule has 0 spiro atoms. The van der Waals surface area contributed by atoms with Crippen LogP contribution < -0.4 is 10.7 Å². The first kappa shape index (κ1) is 14.3. The highest BCUT2D eigenvalue weighted by Crippen LogP contribution is 2.10. The van der Waals surface area contributed by atoms with Crippen molar-refractivity contribution in [3.8, 4) is 0 Å². The summed E-state index contributed by atoms with van der Waals surface area (Å²) in [6.07, 6.45) is 3.22. The molecule has 1 aliphatic rings. The maximum Gasteiger partial charge on any atom is 0.329 e. The minimum Gasteiger partial charge on any atom is -0.460 e. The Morgan fingerprint density at radius 1 is 1.45 bits per heavy atom. The SMILES string of the molecule is Cc1ccc(/C=N\NC(=O)C(=O)NC[C@@H]2CCCO2)o1. The average molecular weight is 279 g/mol. The molecule has 1 aromatic heterocycles. The van der Waals surface area contributed by atoms with E-state index >= 15 is 0 Å². The van der Waals surface area contributed by atoms with Crippen LogP contribution in [0.5, 0.6) is 0 Å². The van der Waals surface area contributed by atoms with Gasteiger partial charge in [-0.15, -0.1) is 0 Å². The fraction of sp³-hybridized carbons (Fsp3) is 0.462. The fourth-order valence-corrected chi connectivity index (χ4v) is 1.82. The number of nitrogens with zero attached hydrogens (tertiary/aromatic N) is 1. The van der Waals surface area contributed by atoms with Crippen LogP contribution in [0.25, 0.3) is 0 Å². The number of furan rings is 1. The second kappa shape index (κ2) is 6.85. The van der Waals surface area contributed by atoms with Crippen molar-refractivity contribution in [1.82, 2.24) is 10.7 Å². The van der Waals surface area contributed by atoms with Gasteiger partial charge in [0.2, 0.25) is 0 Å². The molecular formula is C13H17N3O4. The number of ether oxygens (including phenoxy) is 1. The molecule has 0 bridgehead atoms. The van der Waals surface area contributed by atoms with Gasteiger partial charge in [-0.25, -0.2) is 5.43 Å². The quantitative estimate of drug-likeness (QED) is 0.472. The van der Waals surface area contributed by atoms with Crippen molar-refractivity contribution in [3.63, 3.8) is 0 Å². The Morgan fingerprint density at radius 2 is 2.30 bits per heavy atom. The summed E-state index contributed by atoms with van der Waals surface area (Å²) in [6, 6.07) is 3.49. The Bertz CT molecular complexity index is 503. The molecule has 7 heteroatoms. The topological polar surface area (TPSA) is 92.9 Å². The second-order valence-corrected chi connectivity index (χ2v) is 4.49. The third kappa shape index (κ3) is 4.20. The van der Waals surface area contributed by atoms with Crippen LogP contribution in [0.1, 0.15) is 24.4 Å². The van der Waals surface area contributed by atoms with Gasteiger partial charge in [0, 0.05) is 13.2 Å². The van der Waals surface area contributed by atoms with Gasteiger partial charge in [0.05, 0.1) is 12.3 Å². The van der Waals surface area contributed by atoms with Gasteiger partial charge in [0.15, 0.2) is 0 Å². The molecule has 1 aliphatic heterocycles. The third-order valence-corrected chi connectivity index (χ3v) is 2.84. The van der Waals surface area contributed by atoms with E-state index in [0.717, 1.165) is 18.6 Å². The van der Waals surface area contributed by atoms with Gasteiger partial charge in [-0.1, -0.05) is 0 Å². The number of hydrazone groups is 1. The standard InChI is InChI=1S/C13H17N3O4/c1-9-4-5-11(20-9)8-15-16-13(18)12(17)14-7-10-3-2-6-19-10/h4-5,8,10H,2-3,6-7H2,1H3,(H,14,17)(H,16,18)/b15-8-/t10-/m0/s1. The number of carbonyl (C=O) groups is 2. The summed E-state index contributed by atoms with van der Waals surface area (Å²) in [5.74, 6) is -0.301. The Morgan fingerprint density at radius 3 is 2.95 bits per heavy atom. The largest absolute Gasteiger partial charge is 0.460 e. The molecule has 2 amide bonds.